The van der Waals surface area contributed by atoms with Crippen LogP contribution in [0.1, 0.15) is 71.6 Å². The fourth-order valence-electron chi connectivity index (χ4n) is 4.13. The van der Waals surface area contributed by atoms with Crippen molar-refractivity contribution in [3.63, 3.8) is 0 Å². The van der Waals surface area contributed by atoms with E-state index < -0.39 is 23.3 Å². The smallest absolute Gasteiger partial charge is 0.336 e. The first kappa shape index (κ1) is 19.9. The van der Waals surface area contributed by atoms with E-state index in [-0.39, 0.29) is 34.5 Å². The second-order valence-electron chi connectivity index (χ2n) is 8.03. The molecule has 2 aromatic carbocycles. The molecule has 1 N–H and O–H groups in total. The third kappa shape index (κ3) is 3.09. The molecular formula is C24H22O6. The predicted molar refractivity (Wildman–Crippen MR) is 112 cm³/mol. The van der Waals surface area contributed by atoms with Crippen LogP contribution in [-0.2, 0) is 4.79 Å². The van der Waals surface area contributed by atoms with Crippen molar-refractivity contribution in [2.45, 2.75) is 46.0 Å². The number of ether oxygens (including phenoxy) is 1. The van der Waals surface area contributed by atoms with Crippen molar-refractivity contribution < 1.29 is 23.8 Å². The number of phenolic OH excluding ortho intramolecular Hbond substituents is 1. The molecule has 0 saturated carbocycles. The van der Waals surface area contributed by atoms with Gasteiger partial charge in [0.15, 0.2) is 11.5 Å². The van der Waals surface area contributed by atoms with E-state index in [0.717, 1.165) is 11.1 Å². The number of carbonyl (C=O) groups excluding carboxylic acids is 2. The van der Waals surface area contributed by atoms with Gasteiger partial charge >= 0.3 is 11.6 Å². The lowest BCUT2D eigenvalue weighted by Crippen LogP contribution is -2.23. The summed E-state index contributed by atoms with van der Waals surface area (Å²) in [5, 5.41) is 11.1. The van der Waals surface area contributed by atoms with E-state index in [1.54, 1.807) is 6.92 Å². The molecule has 3 aromatic rings. The quantitative estimate of drug-likeness (QED) is 0.296. The second-order valence-corrected chi connectivity index (χ2v) is 8.03. The Hall–Kier alpha value is -3.41. The van der Waals surface area contributed by atoms with Gasteiger partial charge in [0.2, 0.25) is 0 Å². The molecule has 0 aliphatic carbocycles. The molecule has 6 heteroatoms. The average molecular weight is 406 g/mol. The van der Waals surface area contributed by atoms with E-state index in [9.17, 15) is 19.5 Å². The van der Waals surface area contributed by atoms with E-state index in [1.807, 2.05) is 24.3 Å². The summed E-state index contributed by atoms with van der Waals surface area (Å²) in [6.45, 7) is 7.14. The number of aryl methyl sites for hydroxylation is 1. The third-order valence-corrected chi connectivity index (χ3v) is 5.64. The van der Waals surface area contributed by atoms with E-state index in [1.165, 1.54) is 13.0 Å². The molecule has 4 rings (SSSR count). The highest BCUT2D eigenvalue weighted by atomic mass is 16.5. The number of Topliss-reactive ketones (excluding diaryl/α,β-unsaturated/α-hetero) is 1. The minimum Gasteiger partial charge on any atom is -0.506 e. The number of hydrogen-bond acceptors (Lipinski definition) is 6. The monoisotopic (exact) mass is 406 g/mol. The van der Waals surface area contributed by atoms with Crippen molar-refractivity contribution in [3.05, 3.63) is 68.6 Å². The molecule has 0 amide bonds. The number of rotatable bonds is 3. The Morgan fingerprint density at radius 2 is 1.83 bits per heavy atom. The van der Waals surface area contributed by atoms with Gasteiger partial charge in [0, 0.05) is 17.5 Å². The van der Waals surface area contributed by atoms with Crippen molar-refractivity contribution in [2.24, 2.45) is 0 Å². The largest absolute Gasteiger partial charge is 0.506 e. The van der Waals surface area contributed by atoms with Crippen LogP contribution in [0.2, 0.25) is 0 Å². The lowest BCUT2D eigenvalue weighted by atomic mass is 9.82. The van der Waals surface area contributed by atoms with E-state index >= 15 is 0 Å². The Bertz CT molecular complexity index is 1250. The van der Waals surface area contributed by atoms with Crippen LogP contribution in [0.15, 0.2) is 39.5 Å². The second kappa shape index (κ2) is 7.13. The summed E-state index contributed by atoms with van der Waals surface area (Å²) < 4.78 is 10.9. The number of esters is 1. The van der Waals surface area contributed by atoms with E-state index in [4.69, 9.17) is 9.15 Å². The van der Waals surface area contributed by atoms with Gasteiger partial charge in [-0.25, -0.2) is 4.79 Å². The van der Waals surface area contributed by atoms with E-state index in [0.29, 0.717) is 17.0 Å². The van der Waals surface area contributed by atoms with Crippen LogP contribution in [0.4, 0.5) is 0 Å². The molecule has 2 heterocycles. The SMILES string of the molecule is CC(=O)c1c2c(c3oc(=O)cc(C)c3c1O)[C@@H](c1ccc(C(C)C)cc1)CC(=O)O2. The van der Waals surface area contributed by atoms with Crippen LogP contribution in [-0.4, -0.2) is 16.9 Å². The average Bonchev–Trinajstić information content (AvgIpc) is 2.66. The van der Waals surface area contributed by atoms with Gasteiger partial charge in [0.1, 0.15) is 16.9 Å². The Labute approximate surface area is 173 Å². The summed E-state index contributed by atoms with van der Waals surface area (Å²) in [4.78, 5) is 36.9. The maximum atomic E-state index is 12.4. The van der Waals surface area contributed by atoms with Crippen LogP contribution < -0.4 is 10.4 Å². The van der Waals surface area contributed by atoms with Crippen molar-refractivity contribution >= 4 is 22.7 Å². The van der Waals surface area contributed by atoms with Crippen LogP contribution >= 0.6 is 0 Å². The summed E-state index contributed by atoms with van der Waals surface area (Å²) in [5.74, 6) is -1.47. The van der Waals surface area contributed by atoms with Crippen molar-refractivity contribution in [2.75, 3.05) is 0 Å². The molecule has 0 saturated heterocycles. The first-order chi connectivity index (χ1) is 14.2. The molecule has 6 nitrogen and oxygen atoms in total. The van der Waals surface area contributed by atoms with Gasteiger partial charge in [-0.2, -0.15) is 0 Å². The van der Waals surface area contributed by atoms with Gasteiger partial charge < -0.3 is 14.3 Å². The molecule has 154 valence electrons. The predicted octanol–water partition coefficient (Wildman–Crippen LogP) is 4.57. The van der Waals surface area contributed by atoms with Gasteiger partial charge in [0.05, 0.1) is 11.8 Å². The number of fused-ring (bicyclic) bond motifs is 3. The molecular weight excluding hydrogens is 384 g/mol. The third-order valence-electron chi connectivity index (χ3n) is 5.64. The Morgan fingerprint density at radius 1 is 1.17 bits per heavy atom. The fourth-order valence-corrected chi connectivity index (χ4v) is 4.13. The number of carbonyl (C=O) groups is 2. The highest BCUT2D eigenvalue weighted by molar-refractivity contribution is 6.09. The zero-order chi connectivity index (χ0) is 21.7. The lowest BCUT2D eigenvalue weighted by Gasteiger charge is -2.28. The molecule has 30 heavy (non-hydrogen) atoms. The summed E-state index contributed by atoms with van der Waals surface area (Å²) in [6.07, 6.45) is 0.0307. The molecule has 0 radical (unpaired) electrons. The molecule has 0 fully saturated rings. The molecule has 1 aromatic heterocycles. The zero-order valence-electron chi connectivity index (χ0n) is 17.2. The van der Waals surface area contributed by atoms with Crippen molar-refractivity contribution in [1.29, 1.82) is 0 Å². The fraction of sp³-hybridized carbons (Fsp3) is 0.292. The summed E-state index contributed by atoms with van der Waals surface area (Å²) >= 11 is 0. The number of benzene rings is 2. The molecule has 0 bridgehead atoms. The first-order valence-electron chi connectivity index (χ1n) is 9.83. The number of hydrogen-bond donors (Lipinski definition) is 1. The molecule has 1 aliphatic rings. The van der Waals surface area contributed by atoms with Gasteiger partial charge in [-0.15, -0.1) is 0 Å². The highest BCUT2D eigenvalue weighted by Gasteiger charge is 2.37. The zero-order valence-corrected chi connectivity index (χ0v) is 17.2. The Kier molecular flexibility index (Phi) is 4.73. The Balaban J connectivity index is 2.09. The van der Waals surface area contributed by atoms with Crippen LogP contribution in [0.25, 0.3) is 11.0 Å². The van der Waals surface area contributed by atoms with Crippen molar-refractivity contribution in [1.82, 2.24) is 0 Å². The van der Waals surface area contributed by atoms with Gasteiger partial charge in [-0.05, 0) is 36.5 Å². The maximum absolute atomic E-state index is 12.4. The number of aromatic hydroxyl groups is 1. The minimum absolute atomic E-state index is 0.0307. The summed E-state index contributed by atoms with van der Waals surface area (Å²) in [6, 6.07) is 9.12. The highest BCUT2D eigenvalue weighted by Crippen LogP contribution is 2.49. The Morgan fingerprint density at radius 3 is 2.43 bits per heavy atom. The van der Waals surface area contributed by atoms with Gasteiger partial charge in [-0.1, -0.05) is 38.1 Å². The van der Waals surface area contributed by atoms with Gasteiger partial charge in [-0.3, -0.25) is 9.59 Å². The van der Waals surface area contributed by atoms with Crippen LogP contribution in [0.5, 0.6) is 11.5 Å². The lowest BCUT2D eigenvalue weighted by molar-refractivity contribution is -0.135. The summed E-state index contributed by atoms with van der Waals surface area (Å²) in [5.41, 5.74) is 2.39. The topological polar surface area (TPSA) is 93.8 Å². The summed E-state index contributed by atoms with van der Waals surface area (Å²) in [7, 11) is 0. The van der Waals surface area contributed by atoms with E-state index in [2.05, 4.69) is 13.8 Å². The standard InChI is InChI=1S/C24H22O6/c1-11(2)14-5-7-15(8-6-14)16-10-18(27)30-24-20(13(4)25)22(28)19-12(3)9-17(26)29-23(19)21(16)24/h5-9,11,16,28H,10H2,1-4H3/t16-/m1/s1. The van der Waals surface area contributed by atoms with Crippen LogP contribution in [0, 0.1) is 6.92 Å². The minimum atomic E-state index is -0.581. The number of phenols is 1. The molecule has 0 spiro atoms. The van der Waals surface area contributed by atoms with Crippen molar-refractivity contribution in [3.8, 4) is 11.5 Å². The van der Waals surface area contributed by atoms with Crippen LogP contribution in [0.3, 0.4) is 0 Å². The van der Waals surface area contributed by atoms with Gasteiger partial charge in [0.25, 0.3) is 0 Å². The maximum Gasteiger partial charge on any atom is 0.336 e. The first-order valence-corrected chi connectivity index (χ1v) is 9.83. The number of ketones is 1. The normalized spacial score (nSPS) is 15.9. The molecule has 0 unspecified atom stereocenters. The molecule has 1 atom stereocenters. The molecule has 1 aliphatic heterocycles.